The van der Waals surface area contributed by atoms with Crippen LogP contribution in [0, 0.1) is 6.92 Å². The highest BCUT2D eigenvalue weighted by Gasteiger charge is 2.16. The van der Waals surface area contributed by atoms with Crippen LogP contribution in [0.3, 0.4) is 0 Å². The lowest BCUT2D eigenvalue weighted by Gasteiger charge is -2.34. The van der Waals surface area contributed by atoms with Gasteiger partial charge in [0, 0.05) is 51.4 Å². The maximum absolute atomic E-state index is 4.28. The first-order valence-corrected chi connectivity index (χ1v) is 11.0. The lowest BCUT2D eigenvalue weighted by atomic mass is 10.1. The van der Waals surface area contributed by atoms with Crippen molar-refractivity contribution in [1.82, 2.24) is 25.3 Å². The van der Waals surface area contributed by atoms with Gasteiger partial charge >= 0.3 is 0 Å². The highest BCUT2D eigenvalue weighted by Crippen LogP contribution is 2.21. The van der Waals surface area contributed by atoms with Crippen molar-refractivity contribution in [3.05, 3.63) is 77.0 Å². The summed E-state index contributed by atoms with van der Waals surface area (Å²) in [6.45, 7) is 12.9. The number of aromatic nitrogens is 2. The molecule has 0 unspecified atom stereocenters. The molecule has 30 heavy (non-hydrogen) atoms. The van der Waals surface area contributed by atoms with Crippen molar-refractivity contribution in [3.8, 4) is 11.3 Å². The fraction of sp³-hybridized carbons (Fsp3) is 0.400. The van der Waals surface area contributed by atoms with E-state index in [0.717, 1.165) is 45.0 Å². The van der Waals surface area contributed by atoms with Crippen LogP contribution in [0.2, 0.25) is 0 Å². The van der Waals surface area contributed by atoms with Crippen LogP contribution in [0.15, 0.2) is 54.7 Å². The molecule has 5 heteroatoms. The van der Waals surface area contributed by atoms with Crippen LogP contribution >= 0.6 is 0 Å². The minimum absolute atomic E-state index is 0.795. The number of piperazine rings is 1. The van der Waals surface area contributed by atoms with Crippen LogP contribution in [0.25, 0.3) is 11.3 Å². The molecule has 0 bridgehead atoms. The summed E-state index contributed by atoms with van der Waals surface area (Å²) in [6, 6.07) is 17.4. The zero-order valence-corrected chi connectivity index (χ0v) is 18.2. The monoisotopic (exact) mass is 403 g/mol. The number of H-pyrrole nitrogens is 1. The fourth-order valence-corrected chi connectivity index (χ4v) is 4.14. The van der Waals surface area contributed by atoms with Gasteiger partial charge in [-0.15, -0.1) is 0 Å². The average Bonchev–Trinajstić information content (AvgIpc) is 3.24. The first-order chi connectivity index (χ1) is 14.7. The Morgan fingerprint density at radius 1 is 0.867 bits per heavy atom. The van der Waals surface area contributed by atoms with Crippen LogP contribution in [0.1, 0.15) is 29.2 Å². The Hall–Kier alpha value is -2.47. The number of benzene rings is 2. The molecule has 2 heterocycles. The van der Waals surface area contributed by atoms with Crippen molar-refractivity contribution < 1.29 is 0 Å². The molecule has 3 aromatic rings. The SMILES string of the molecule is CCN1CCN(Cc2ccccc2CNCc2cn[nH]c2-c2ccc(C)cc2)CC1. The summed E-state index contributed by atoms with van der Waals surface area (Å²) in [6.07, 6.45) is 1.93. The normalized spacial score (nSPS) is 15.5. The summed E-state index contributed by atoms with van der Waals surface area (Å²) in [5, 5.41) is 11.1. The van der Waals surface area contributed by atoms with E-state index in [-0.39, 0.29) is 0 Å². The smallest absolute Gasteiger partial charge is 0.0695 e. The number of likely N-dealkylation sites (N-methyl/N-ethyl adjacent to an activating group) is 1. The zero-order valence-electron chi connectivity index (χ0n) is 18.2. The van der Waals surface area contributed by atoms with Crippen LogP contribution in [0.4, 0.5) is 0 Å². The molecule has 2 aromatic carbocycles. The Morgan fingerprint density at radius 2 is 1.53 bits per heavy atom. The molecule has 2 N–H and O–H groups in total. The lowest BCUT2D eigenvalue weighted by Crippen LogP contribution is -2.45. The van der Waals surface area contributed by atoms with Gasteiger partial charge in [0.05, 0.1) is 11.9 Å². The maximum Gasteiger partial charge on any atom is 0.0695 e. The third-order valence-corrected chi connectivity index (χ3v) is 6.11. The number of nitrogens with one attached hydrogen (secondary N) is 2. The van der Waals surface area contributed by atoms with E-state index in [9.17, 15) is 0 Å². The molecular formula is C25H33N5. The maximum atomic E-state index is 4.28. The van der Waals surface area contributed by atoms with E-state index >= 15 is 0 Å². The minimum Gasteiger partial charge on any atom is -0.308 e. The number of hydrogen-bond acceptors (Lipinski definition) is 4. The molecule has 0 saturated carbocycles. The zero-order chi connectivity index (χ0) is 20.8. The van der Waals surface area contributed by atoms with E-state index in [4.69, 9.17) is 0 Å². The minimum atomic E-state index is 0.795. The van der Waals surface area contributed by atoms with E-state index in [2.05, 4.69) is 87.7 Å². The molecule has 1 aromatic heterocycles. The van der Waals surface area contributed by atoms with Crippen LogP contribution in [0.5, 0.6) is 0 Å². The van der Waals surface area contributed by atoms with Crippen LogP contribution < -0.4 is 5.32 Å². The van der Waals surface area contributed by atoms with E-state index in [1.807, 2.05) is 6.20 Å². The third kappa shape index (κ3) is 5.17. The van der Waals surface area contributed by atoms with Crippen LogP contribution in [-0.4, -0.2) is 52.7 Å². The molecule has 1 fully saturated rings. The average molecular weight is 404 g/mol. The summed E-state index contributed by atoms with van der Waals surface area (Å²) in [7, 11) is 0. The molecule has 158 valence electrons. The number of rotatable bonds is 8. The quantitative estimate of drug-likeness (QED) is 0.600. The molecular weight excluding hydrogens is 370 g/mol. The molecule has 4 rings (SSSR count). The van der Waals surface area contributed by atoms with Gasteiger partial charge in [-0.3, -0.25) is 10.00 Å². The Kier molecular flexibility index (Phi) is 6.95. The Labute approximate surface area is 180 Å². The van der Waals surface area contributed by atoms with Gasteiger partial charge < -0.3 is 10.2 Å². The number of aromatic amines is 1. The standard InChI is InChI=1S/C25H33N5/c1-3-29-12-14-30(15-13-29)19-23-7-5-4-6-22(23)16-26-17-24-18-27-28-25(24)21-10-8-20(2)9-11-21/h4-11,18,26H,3,12-17,19H2,1-2H3,(H,27,28). The number of nitrogens with zero attached hydrogens (tertiary/aromatic N) is 3. The van der Waals surface area contributed by atoms with E-state index < -0.39 is 0 Å². The fourth-order valence-electron chi connectivity index (χ4n) is 4.14. The van der Waals surface area contributed by atoms with Gasteiger partial charge in [-0.2, -0.15) is 5.10 Å². The van der Waals surface area contributed by atoms with E-state index in [1.165, 1.54) is 40.9 Å². The molecule has 0 amide bonds. The summed E-state index contributed by atoms with van der Waals surface area (Å²) in [5.74, 6) is 0. The van der Waals surface area contributed by atoms with Crippen molar-refractivity contribution in [3.63, 3.8) is 0 Å². The summed E-state index contributed by atoms with van der Waals surface area (Å²) >= 11 is 0. The van der Waals surface area contributed by atoms with Gasteiger partial charge in [-0.25, -0.2) is 0 Å². The van der Waals surface area contributed by atoms with Crippen molar-refractivity contribution in [2.75, 3.05) is 32.7 Å². The van der Waals surface area contributed by atoms with Crippen molar-refractivity contribution >= 4 is 0 Å². The van der Waals surface area contributed by atoms with Gasteiger partial charge in [0.25, 0.3) is 0 Å². The third-order valence-electron chi connectivity index (χ3n) is 6.11. The summed E-state index contributed by atoms with van der Waals surface area (Å²) < 4.78 is 0. The molecule has 1 saturated heterocycles. The van der Waals surface area contributed by atoms with Gasteiger partial charge in [0.1, 0.15) is 0 Å². The lowest BCUT2D eigenvalue weighted by molar-refractivity contribution is 0.131. The van der Waals surface area contributed by atoms with Crippen molar-refractivity contribution in [1.29, 1.82) is 0 Å². The Balaban J connectivity index is 1.35. The molecule has 1 aliphatic rings. The largest absolute Gasteiger partial charge is 0.308 e. The van der Waals surface area contributed by atoms with Crippen molar-refractivity contribution in [2.24, 2.45) is 0 Å². The second kappa shape index (κ2) is 10.0. The topological polar surface area (TPSA) is 47.2 Å². The van der Waals surface area contributed by atoms with E-state index in [1.54, 1.807) is 0 Å². The molecule has 0 spiro atoms. The Morgan fingerprint density at radius 3 is 2.27 bits per heavy atom. The molecule has 1 aliphatic heterocycles. The molecule has 0 atom stereocenters. The van der Waals surface area contributed by atoms with Crippen molar-refractivity contribution in [2.45, 2.75) is 33.5 Å². The molecule has 5 nitrogen and oxygen atoms in total. The van der Waals surface area contributed by atoms with Gasteiger partial charge in [-0.1, -0.05) is 61.0 Å². The first kappa shape index (κ1) is 20.8. The first-order valence-electron chi connectivity index (χ1n) is 11.0. The molecule has 0 aliphatic carbocycles. The predicted molar refractivity (Wildman–Crippen MR) is 123 cm³/mol. The van der Waals surface area contributed by atoms with Gasteiger partial charge in [0.2, 0.25) is 0 Å². The molecule has 0 radical (unpaired) electrons. The highest BCUT2D eigenvalue weighted by molar-refractivity contribution is 5.62. The van der Waals surface area contributed by atoms with Crippen LogP contribution in [-0.2, 0) is 19.6 Å². The van der Waals surface area contributed by atoms with Gasteiger partial charge in [-0.05, 0) is 30.2 Å². The second-order valence-electron chi connectivity index (χ2n) is 8.22. The summed E-state index contributed by atoms with van der Waals surface area (Å²) in [5.41, 5.74) is 7.57. The second-order valence-corrected chi connectivity index (χ2v) is 8.22. The summed E-state index contributed by atoms with van der Waals surface area (Å²) in [4.78, 5) is 5.11. The highest BCUT2D eigenvalue weighted by atomic mass is 15.3. The number of hydrogen-bond donors (Lipinski definition) is 2. The number of aryl methyl sites for hydroxylation is 1. The van der Waals surface area contributed by atoms with E-state index in [0.29, 0.717) is 0 Å². The Bertz CT molecular complexity index is 923. The predicted octanol–water partition coefficient (Wildman–Crippen LogP) is 3.81. The van der Waals surface area contributed by atoms with Gasteiger partial charge in [0.15, 0.2) is 0 Å².